The first-order valence-electron chi connectivity index (χ1n) is 10.1. The van der Waals surface area contributed by atoms with Gasteiger partial charge in [-0.1, -0.05) is 54.6 Å². The van der Waals surface area contributed by atoms with E-state index in [1.165, 1.54) is 21.2 Å². The van der Waals surface area contributed by atoms with Gasteiger partial charge in [0.05, 0.1) is 7.11 Å². The number of ether oxygens (including phenoxy) is 1. The SMILES string of the molecule is COc1ccc([P+](c2ccccc2)(c2ccccc2)c2ccccc2)cc1.F[P-](F)(F)(F)(F)F. The summed E-state index contributed by atoms with van der Waals surface area (Å²) in [7, 11) is -10.9. The molecule has 0 saturated heterocycles. The van der Waals surface area contributed by atoms with E-state index < -0.39 is 15.1 Å². The van der Waals surface area contributed by atoms with Crippen molar-refractivity contribution < 1.29 is 29.9 Å². The van der Waals surface area contributed by atoms with Gasteiger partial charge >= 0.3 is 33.0 Å². The molecule has 0 aliphatic carbocycles. The fourth-order valence-corrected chi connectivity index (χ4v) is 7.90. The number of benzene rings is 4. The van der Waals surface area contributed by atoms with Crippen molar-refractivity contribution in [3.63, 3.8) is 0 Å². The van der Waals surface area contributed by atoms with Gasteiger partial charge in [0, 0.05) is 0 Å². The second kappa shape index (κ2) is 9.05. The van der Waals surface area contributed by atoms with E-state index in [-0.39, 0.29) is 0 Å². The van der Waals surface area contributed by atoms with Crippen molar-refractivity contribution in [3.8, 4) is 5.75 Å². The minimum absolute atomic E-state index is 0.881. The van der Waals surface area contributed by atoms with Gasteiger partial charge in [0.25, 0.3) is 0 Å². The molecular weight excluding hydrogens is 492 g/mol. The summed E-state index contributed by atoms with van der Waals surface area (Å²) in [6, 6.07) is 41.2. The monoisotopic (exact) mass is 514 g/mol. The van der Waals surface area contributed by atoms with E-state index in [1.807, 2.05) is 0 Å². The summed E-state index contributed by atoms with van der Waals surface area (Å²) in [5.74, 6) is 0.881. The molecule has 180 valence electrons. The number of hydrogen-bond donors (Lipinski definition) is 0. The maximum absolute atomic E-state index is 10.7. The Morgan fingerprint density at radius 1 is 0.471 bits per heavy atom. The van der Waals surface area contributed by atoms with Gasteiger partial charge in [-0.15, -0.1) is 0 Å². The van der Waals surface area contributed by atoms with E-state index in [1.54, 1.807) is 7.11 Å². The summed E-state index contributed by atoms with van der Waals surface area (Å²) in [5, 5.41) is 5.39. The number of hydrogen-bond acceptors (Lipinski definition) is 1. The molecule has 4 rings (SSSR count). The van der Waals surface area contributed by atoms with Crippen LogP contribution in [0.1, 0.15) is 0 Å². The molecule has 9 heteroatoms. The van der Waals surface area contributed by atoms with Crippen LogP contribution in [0, 0.1) is 0 Å². The van der Waals surface area contributed by atoms with Crippen LogP contribution in [0.3, 0.4) is 0 Å². The molecule has 1 nitrogen and oxygen atoms in total. The van der Waals surface area contributed by atoms with E-state index in [2.05, 4.69) is 115 Å². The first-order valence-corrected chi connectivity index (χ1v) is 13.9. The van der Waals surface area contributed by atoms with Crippen molar-refractivity contribution in [3.05, 3.63) is 115 Å². The van der Waals surface area contributed by atoms with Gasteiger partial charge in [0.2, 0.25) is 0 Å². The molecule has 34 heavy (non-hydrogen) atoms. The van der Waals surface area contributed by atoms with Gasteiger partial charge in [-0.3, -0.25) is 0 Å². The topological polar surface area (TPSA) is 9.23 Å². The molecule has 0 unspecified atom stereocenters. The van der Waals surface area contributed by atoms with Crippen molar-refractivity contribution >= 4 is 36.3 Å². The summed E-state index contributed by atoms with van der Waals surface area (Å²) in [4.78, 5) is 0. The predicted octanol–water partition coefficient (Wildman–Crippen LogP) is 7.70. The van der Waals surface area contributed by atoms with Crippen LogP contribution in [0.4, 0.5) is 25.2 Å². The molecule has 0 heterocycles. The summed E-state index contributed by atoms with van der Waals surface area (Å²) in [6.45, 7) is 0. The molecule has 0 saturated carbocycles. The van der Waals surface area contributed by atoms with Crippen LogP contribution in [0.5, 0.6) is 5.75 Å². The fraction of sp³-hybridized carbons (Fsp3) is 0.0400. The number of rotatable bonds is 5. The second-order valence-electron chi connectivity index (χ2n) is 7.33. The molecule has 0 aliphatic rings. The van der Waals surface area contributed by atoms with Crippen LogP contribution < -0.4 is 26.0 Å². The molecule has 0 spiro atoms. The normalized spacial score (nSPS) is 13.6. The summed E-state index contributed by atoms with van der Waals surface area (Å²) >= 11 is 0. The van der Waals surface area contributed by atoms with Gasteiger partial charge in [-0.2, -0.15) is 0 Å². The molecule has 0 bridgehead atoms. The van der Waals surface area contributed by atoms with Gasteiger partial charge in [-0.05, 0) is 60.7 Å². The van der Waals surface area contributed by atoms with E-state index in [0.717, 1.165) is 5.75 Å². The van der Waals surface area contributed by atoms with Crippen molar-refractivity contribution in [2.24, 2.45) is 0 Å². The van der Waals surface area contributed by atoms with Gasteiger partial charge < -0.3 is 4.74 Å². The molecule has 0 N–H and O–H groups in total. The van der Waals surface area contributed by atoms with Crippen LogP contribution in [-0.4, -0.2) is 7.11 Å². The van der Waals surface area contributed by atoms with Crippen molar-refractivity contribution in [2.45, 2.75) is 0 Å². The van der Waals surface area contributed by atoms with E-state index >= 15 is 0 Å². The molecule has 4 aromatic carbocycles. The van der Waals surface area contributed by atoms with Crippen LogP contribution in [0.15, 0.2) is 115 Å². The van der Waals surface area contributed by atoms with E-state index in [9.17, 15) is 25.2 Å². The Kier molecular flexibility index (Phi) is 6.85. The molecule has 0 atom stereocenters. The second-order valence-corrected chi connectivity index (χ2v) is 12.7. The Hall–Kier alpha value is -2.88. The van der Waals surface area contributed by atoms with Crippen LogP contribution in [0.2, 0.25) is 0 Å². The molecular formula is C25H22F6OP2. The maximum atomic E-state index is 9.87. The zero-order valence-corrected chi connectivity index (χ0v) is 19.8. The summed E-state index contributed by atoms with van der Waals surface area (Å²) in [6.07, 6.45) is 0. The van der Waals surface area contributed by atoms with Crippen LogP contribution >= 0.6 is 15.1 Å². The average molecular weight is 514 g/mol. The quantitative estimate of drug-likeness (QED) is 0.196. The van der Waals surface area contributed by atoms with Gasteiger partial charge in [0.15, 0.2) is 0 Å². The molecule has 0 radical (unpaired) electrons. The summed E-state index contributed by atoms with van der Waals surface area (Å²) in [5.41, 5.74) is 0. The van der Waals surface area contributed by atoms with Gasteiger partial charge in [0.1, 0.15) is 34.2 Å². The minimum atomic E-state index is -10.7. The Morgan fingerprint density at radius 2 is 0.735 bits per heavy atom. The van der Waals surface area contributed by atoms with Crippen molar-refractivity contribution in [2.75, 3.05) is 7.11 Å². The van der Waals surface area contributed by atoms with Crippen LogP contribution in [0.25, 0.3) is 0 Å². The molecule has 0 aliphatic heterocycles. The predicted molar refractivity (Wildman–Crippen MR) is 131 cm³/mol. The van der Waals surface area contributed by atoms with Crippen molar-refractivity contribution in [1.29, 1.82) is 0 Å². The van der Waals surface area contributed by atoms with E-state index in [4.69, 9.17) is 4.74 Å². The Bertz CT molecular complexity index is 1090. The Balaban J connectivity index is 0.000000406. The van der Waals surface area contributed by atoms with Gasteiger partial charge in [-0.25, -0.2) is 0 Å². The zero-order chi connectivity index (χ0) is 24.9. The zero-order valence-electron chi connectivity index (χ0n) is 18.0. The Morgan fingerprint density at radius 3 is 1.00 bits per heavy atom. The standard InChI is InChI=1S/C25H22OP.F6P/c1-26-21-17-19-25(20-18-21)27(22-11-5-2-6-12-22,23-13-7-3-8-14-23)24-15-9-4-10-16-24;1-7(2,3,4,5)6/h2-20H,1H3;/q+1;-1. The van der Waals surface area contributed by atoms with Crippen LogP contribution in [-0.2, 0) is 0 Å². The Labute approximate surface area is 194 Å². The number of methoxy groups -OCH3 is 1. The third kappa shape index (κ3) is 7.06. The fourth-order valence-electron chi connectivity index (χ4n) is 3.66. The van der Waals surface area contributed by atoms with E-state index in [0.29, 0.717) is 0 Å². The van der Waals surface area contributed by atoms with Crippen molar-refractivity contribution in [1.82, 2.24) is 0 Å². The number of halogens is 6. The third-order valence-electron chi connectivity index (χ3n) is 4.89. The molecule has 0 fully saturated rings. The third-order valence-corrected chi connectivity index (χ3v) is 9.18. The first-order chi connectivity index (χ1) is 15.8. The average Bonchev–Trinajstić information content (AvgIpc) is 2.80. The molecule has 4 aromatic rings. The summed E-state index contributed by atoms with van der Waals surface area (Å²) < 4.78 is 64.6. The molecule has 0 amide bonds. The molecule has 0 aromatic heterocycles. The first kappa shape index (κ1) is 25.7.